The van der Waals surface area contributed by atoms with Crippen molar-refractivity contribution in [2.75, 3.05) is 10.6 Å². The number of carbonyl (C=O) groups is 2. The van der Waals surface area contributed by atoms with Gasteiger partial charge in [0.1, 0.15) is 5.25 Å². The van der Waals surface area contributed by atoms with E-state index >= 15 is 0 Å². The number of thiophene rings is 1. The summed E-state index contributed by atoms with van der Waals surface area (Å²) in [5.41, 5.74) is 3.42. The van der Waals surface area contributed by atoms with Gasteiger partial charge in [-0.3, -0.25) is 9.59 Å². The van der Waals surface area contributed by atoms with Gasteiger partial charge in [-0.05, 0) is 53.8 Å². The van der Waals surface area contributed by atoms with Gasteiger partial charge < -0.3 is 10.6 Å². The lowest BCUT2D eigenvalue weighted by molar-refractivity contribution is -0.115. The highest BCUT2D eigenvalue weighted by molar-refractivity contribution is 8.00. The number of thioether (sulfide) groups is 1. The van der Waals surface area contributed by atoms with E-state index in [9.17, 15) is 9.59 Å². The number of amides is 2. The third-order valence-corrected chi connectivity index (χ3v) is 6.95. The van der Waals surface area contributed by atoms with Crippen molar-refractivity contribution < 1.29 is 9.59 Å². The molecule has 0 aliphatic carbocycles. The summed E-state index contributed by atoms with van der Waals surface area (Å²) >= 11 is 2.85. The summed E-state index contributed by atoms with van der Waals surface area (Å²) in [4.78, 5) is 27.2. The molecule has 0 spiro atoms. The SMILES string of the molecule is Cc1ccccc1NC(=O)C(Sc1cccc(NC(=O)c2cccs2)c1)c1ccccc1. The normalized spacial score (nSPS) is 11.5. The smallest absolute Gasteiger partial charge is 0.265 e. The van der Waals surface area contributed by atoms with E-state index in [0.717, 1.165) is 21.7 Å². The zero-order valence-corrected chi connectivity index (χ0v) is 19.1. The zero-order chi connectivity index (χ0) is 22.3. The van der Waals surface area contributed by atoms with Gasteiger partial charge in [0.2, 0.25) is 5.91 Å². The molecule has 6 heteroatoms. The molecule has 0 fully saturated rings. The summed E-state index contributed by atoms with van der Waals surface area (Å²) in [5.74, 6) is -0.234. The Hall–Kier alpha value is -3.35. The molecule has 32 heavy (non-hydrogen) atoms. The van der Waals surface area contributed by atoms with E-state index in [1.54, 1.807) is 6.07 Å². The number of carbonyl (C=O) groups excluding carboxylic acids is 2. The maximum Gasteiger partial charge on any atom is 0.265 e. The molecule has 4 rings (SSSR count). The molecule has 0 saturated carbocycles. The maximum absolute atomic E-state index is 13.3. The maximum atomic E-state index is 13.3. The number of aryl methyl sites for hydroxylation is 1. The molecule has 1 aromatic heterocycles. The summed E-state index contributed by atoms with van der Waals surface area (Å²) in [5, 5.41) is 7.43. The van der Waals surface area contributed by atoms with Crippen LogP contribution in [0.5, 0.6) is 0 Å². The van der Waals surface area contributed by atoms with Crippen LogP contribution >= 0.6 is 23.1 Å². The first-order chi connectivity index (χ1) is 15.6. The van der Waals surface area contributed by atoms with Gasteiger partial charge in [0.25, 0.3) is 5.91 Å². The summed E-state index contributed by atoms with van der Waals surface area (Å²) in [6, 6.07) is 28.7. The Morgan fingerprint density at radius 1 is 0.844 bits per heavy atom. The molecule has 0 saturated heterocycles. The van der Waals surface area contributed by atoms with Gasteiger partial charge in [-0.2, -0.15) is 0 Å². The lowest BCUT2D eigenvalue weighted by Crippen LogP contribution is -2.19. The van der Waals surface area contributed by atoms with Crippen molar-refractivity contribution in [3.8, 4) is 0 Å². The molecular formula is C26H22N2O2S2. The number of nitrogens with one attached hydrogen (secondary N) is 2. The van der Waals surface area contributed by atoms with Crippen LogP contribution in [-0.4, -0.2) is 11.8 Å². The third-order valence-electron chi connectivity index (χ3n) is 4.83. The van der Waals surface area contributed by atoms with Crippen LogP contribution < -0.4 is 10.6 Å². The molecule has 1 heterocycles. The van der Waals surface area contributed by atoms with Gasteiger partial charge in [-0.15, -0.1) is 23.1 Å². The minimum Gasteiger partial charge on any atom is -0.325 e. The second kappa shape index (κ2) is 10.3. The molecule has 0 aliphatic rings. The first-order valence-corrected chi connectivity index (χ1v) is 11.9. The monoisotopic (exact) mass is 458 g/mol. The van der Waals surface area contributed by atoms with E-state index in [1.807, 2.05) is 97.2 Å². The van der Waals surface area contributed by atoms with Gasteiger partial charge in [0.15, 0.2) is 0 Å². The lowest BCUT2D eigenvalue weighted by atomic mass is 10.1. The second-order valence-electron chi connectivity index (χ2n) is 7.17. The van der Waals surface area contributed by atoms with Crippen LogP contribution in [0.25, 0.3) is 0 Å². The Bertz CT molecular complexity index is 1210. The predicted molar refractivity (Wildman–Crippen MR) is 134 cm³/mol. The van der Waals surface area contributed by atoms with Crippen molar-refractivity contribution in [1.29, 1.82) is 0 Å². The molecule has 0 aliphatic heterocycles. The second-order valence-corrected chi connectivity index (χ2v) is 9.30. The van der Waals surface area contributed by atoms with Crippen molar-refractivity contribution in [3.63, 3.8) is 0 Å². The molecule has 4 aromatic rings. The quantitative estimate of drug-likeness (QED) is 0.300. The molecule has 2 amide bonds. The van der Waals surface area contributed by atoms with Crippen LogP contribution in [0.4, 0.5) is 11.4 Å². The fourth-order valence-corrected chi connectivity index (χ4v) is 4.90. The van der Waals surface area contributed by atoms with E-state index in [2.05, 4.69) is 10.6 Å². The van der Waals surface area contributed by atoms with E-state index in [4.69, 9.17) is 0 Å². The molecule has 1 atom stereocenters. The Labute approximate surface area is 195 Å². The molecule has 3 aromatic carbocycles. The fraction of sp³-hybridized carbons (Fsp3) is 0.0769. The average Bonchev–Trinajstić information content (AvgIpc) is 3.35. The van der Waals surface area contributed by atoms with Crippen LogP contribution in [0.2, 0.25) is 0 Å². The lowest BCUT2D eigenvalue weighted by Gasteiger charge is -2.18. The Morgan fingerprint density at radius 3 is 2.38 bits per heavy atom. The largest absolute Gasteiger partial charge is 0.325 e. The summed E-state index contributed by atoms with van der Waals surface area (Å²) in [6.45, 7) is 1.97. The number of anilines is 2. The minimum absolute atomic E-state index is 0.0940. The molecule has 0 bridgehead atoms. The molecule has 0 radical (unpaired) electrons. The van der Waals surface area contributed by atoms with Gasteiger partial charge in [0, 0.05) is 16.3 Å². The number of rotatable bonds is 7. The molecule has 160 valence electrons. The highest BCUT2D eigenvalue weighted by Gasteiger charge is 2.23. The molecule has 1 unspecified atom stereocenters. The standard InChI is InChI=1S/C26H22N2O2S2/c1-18-9-5-6-14-22(18)28-26(30)24(19-10-3-2-4-11-19)32-21-13-7-12-20(17-21)27-25(29)23-15-8-16-31-23/h2-17,24H,1H3,(H,27,29)(H,28,30). The summed E-state index contributed by atoms with van der Waals surface area (Å²) < 4.78 is 0. The Balaban J connectivity index is 1.55. The van der Waals surface area contributed by atoms with Crippen molar-refractivity contribution in [2.24, 2.45) is 0 Å². The van der Waals surface area contributed by atoms with Gasteiger partial charge in [-0.1, -0.05) is 60.7 Å². The predicted octanol–water partition coefficient (Wildman–Crippen LogP) is 6.78. The molecule has 2 N–H and O–H groups in total. The average molecular weight is 459 g/mol. The van der Waals surface area contributed by atoms with Gasteiger partial charge in [-0.25, -0.2) is 0 Å². The van der Waals surface area contributed by atoms with Crippen LogP contribution in [0.3, 0.4) is 0 Å². The zero-order valence-electron chi connectivity index (χ0n) is 17.4. The first kappa shape index (κ1) is 21.9. The van der Waals surface area contributed by atoms with Crippen molar-refractivity contribution in [1.82, 2.24) is 0 Å². The van der Waals surface area contributed by atoms with Gasteiger partial charge in [0.05, 0.1) is 4.88 Å². The first-order valence-electron chi connectivity index (χ1n) is 10.1. The van der Waals surface area contributed by atoms with Crippen LogP contribution in [-0.2, 0) is 4.79 Å². The van der Waals surface area contributed by atoms with E-state index in [0.29, 0.717) is 10.6 Å². The highest BCUT2D eigenvalue weighted by atomic mass is 32.2. The minimum atomic E-state index is -0.445. The summed E-state index contributed by atoms with van der Waals surface area (Å²) in [7, 11) is 0. The summed E-state index contributed by atoms with van der Waals surface area (Å²) in [6.07, 6.45) is 0. The molecule has 4 nitrogen and oxygen atoms in total. The number of para-hydroxylation sites is 1. The Kier molecular flexibility index (Phi) is 7.04. The number of hydrogen-bond acceptors (Lipinski definition) is 4. The highest BCUT2D eigenvalue weighted by Crippen LogP contribution is 2.37. The number of hydrogen-bond donors (Lipinski definition) is 2. The van der Waals surface area contributed by atoms with E-state index < -0.39 is 5.25 Å². The van der Waals surface area contributed by atoms with Gasteiger partial charge >= 0.3 is 0 Å². The van der Waals surface area contributed by atoms with E-state index in [-0.39, 0.29) is 11.8 Å². The molecular weight excluding hydrogens is 436 g/mol. The van der Waals surface area contributed by atoms with Crippen LogP contribution in [0, 0.1) is 6.92 Å². The van der Waals surface area contributed by atoms with Crippen molar-refractivity contribution >= 4 is 46.3 Å². The third kappa shape index (κ3) is 5.46. The van der Waals surface area contributed by atoms with Crippen LogP contribution in [0.1, 0.15) is 26.0 Å². The number of benzene rings is 3. The van der Waals surface area contributed by atoms with E-state index in [1.165, 1.54) is 23.1 Å². The van der Waals surface area contributed by atoms with Crippen molar-refractivity contribution in [2.45, 2.75) is 17.1 Å². The fourth-order valence-electron chi connectivity index (χ4n) is 3.20. The topological polar surface area (TPSA) is 58.2 Å². The van der Waals surface area contributed by atoms with Crippen LogP contribution in [0.15, 0.2) is 101 Å². The Morgan fingerprint density at radius 2 is 1.62 bits per heavy atom. The van der Waals surface area contributed by atoms with Crippen molar-refractivity contribution in [3.05, 3.63) is 112 Å².